The van der Waals surface area contributed by atoms with Gasteiger partial charge in [0.1, 0.15) is 5.82 Å². The van der Waals surface area contributed by atoms with Crippen LogP contribution in [-0.2, 0) is 6.54 Å². The van der Waals surface area contributed by atoms with Gasteiger partial charge in [0, 0.05) is 25.3 Å². The Morgan fingerprint density at radius 1 is 1.29 bits per heavy atom. The fourth-order valence-electron chi connectivity index (χ4n) is 2.63. The Bertz CT molecular complexity index is 347. The van der Waals surface area contributed by atoms with E-state index in [-0.39, 0.29) is 0 Å². The molecule has 0 saturated heterocycles. The van der Waals surface area contributed by atoms with E-state index in [1.807, 2.05) is 6.20 Å². The number of hydrogen-bond donors (Lipinski definition) is 1. The third kappa shape index (κ3) is 2.94. The van der Waals surface area contributed by atoms with Crippen molar-refractivity contribution in [3.8, 4) is 0 Å². The van der Waals surface area contributed by atoms with Gasteiger partial charge in [0.2, 0.25) is 0 Å². The van der Waals surface area contributed by atoms with Gasteiger partial charge in [0.25, 0.3) is 0 Å². The van der Waals surface area contributed by atoms with Crippen LogP contribution in [0.15, 0.2) is 12.4 Å². The molecule has 0 amide bonds. The van der Waals surface area contributed by atoms with Crippen molar-refractivity contribution in [3.05, 3.63) is 18.1 Å². The maximum Gasteiger partial charge on any atom is 0.147 e. The second kappa shape index (κ2) is 5.96. The first-order chi connectivity index (χ1) is 8.35. The van der Waals surface area contributed by atoms with Gasteiger partial charge in [-0.3, -0.25) is 4.98 Å². The zero-order chi connectivity index (χ0) is 12.1. The molecule has 0 spiro atoms. The summed E-state index contributed by atoms with van der Waals surface area (Å²) in [6, 6.07) is 0.635. The highest BCUT2D eigenvalue weighted by atomic mass is 15.2. The van der Waals surface area contributed by atoms with Crippen molar-refractivity contribution in [1.29, 1.82) is 0 Å². The Balaban J connectivity index is 2.15. The lowest BCUT2D eigenvalue weighted by molar-refractivity contribution is 0.416. The molecule has 2 N–H and O–H groups in total. The zero-order valence-electron chi connectivity index (χ0n) is 10.6. The first-order valence-electron chi connectivity index (χ1n) is 6.62. The molecule has 1 fully saturated rings. The molecule has 4 nitrogen and oxygen atoms in total. The van der Waals surface area contributed by atoms with Gasteiger partial charge in [-0.2, -0.15) is 0 Å². The monoisotopic (exact) mass is 234 g/mol. The molecule has 94 valence electrons. The summed E-state index contributed by atoms with van der Waals surface area (Å²) in [4.78, 5) is 11.2. The molecule has 1 aliphatic carbocycles. The van der Waals surface area contributed by atoms with Crippen molar-refractivity contribution in [1.82, 2.24) is 9.97 Å². The van der Waals surface area contributed by atoms with E-state index >= 15 is 0 Å². The average Bonchev–Trinajstić information content (AvgIpc) is 2.41. The van der Waals surface area contributed by atoms with E-state index in [0.29, 0.717) is 12.6 Å². The van der Waals surface area contributed by atoms with Crippen molar-refractivity contribution in [2.24, 2.45) is 5.73 Å². The number of nitrogens with two attached hydrogens (primary N) is 1. The molecule has 17 heavy (non-hydrogen) atoms. The summed E-state index contributed by atoms with van der Waals surface area (Å²) in [6.07, 6.45) is 10.2. The molecule has 2 rings (SSSR count). The summed E-state index contributed by atoms with van der Waals surface area (Å²) in [7, 11) is 0. The van der Waals surface area contributed by atoms with Crippen LogP contribution in [0.1, 0.15) is 44.7 Å². The van der Waals surface area contributed by atoms with E-state index < -0.39 is 0 Å². The average molecular weight is 234 g/mol. The normalized spacial score (nSPS) is 17.1. The van der Waals surface area contributed by atoms with E-state index in [4.69, 9.17) is 5.73 Å². The highest BCUT2D eigenvalue weighted by Crippen LogP contribution is 2.25. The molecule has 1 aromatic heterocycles. The van der Waals surface area contributed by atoms with Gasteiger partial charge in [0.05, 0.1) is 11.9 Å². The number of rotatable bonds is 4. The Kier molecular flexibility index (Phi) is 4.31. The van der Waals surface area contributed by atoms with Crippen molar-refractivity contribution in [2.45, 2.75) is 51.6 Å². The summed E-state index contributed by atoms with van der Waals surface area (Å²) in [5.41, 5.74) is 6.49. The molecular formula is C13H22N4. The molecular weight excluding hydrogens is 212 g/mol. The first kappa shape index (κ1) is 12.3. The Hall–Kier alpha value is -1.16. The molecule has 0 radical (unpaired) electrons. The maximum absolute atomic E-state index is 5.62. The predicted octanol–water partition coefficient (Wildman–Crippen LogP) is 2.09. The Morgan fingerprint density at radius 3 is 2.71 bits per heavy atom. The summed E-state index contributed by atoms with van der Waals surface area (Å²) in [5, 5.41) is 0. The number of nitrogens with zero attached hydrogens (tertiary/aromatic N) is 3. The Labute approximate surface area is 103 Å². The van der Waals surface area contributed by atoms with Gasteiger partial charge in [-0.05, 0) is 19.8 Å². The van der Waals surface area contributed by atoms with Gasteiger partial charge >= 0.3 is 0 Å². The lowest BCUT2D eigenvalue weighted by atomic mass is 9.94. The minimum atomic E-state index is 0.461. The van der Waals surface area contributed by atoms with E-state index in [2.05, 4.69) is 21.8 Å². The SMILES string of the molecule is CCN(c1cncc(CN)n1)C1CCCCC1. The lowest BCUT2D eigenvalue weighted by Crippen LogP contribution is -2.37. The molecule has 4 heteroatoms. The standard InChI is InChI=1S/C13H22N4/c1-2-17(12-6-4-3-5-7-12)13-10-15-9-11(8-14)16-13/h9-10,12H,2-8,14H2,1H3. The van der Waals surface area contributed by atoms with Crippen LogP contribution in [0.4, 0.5) is 5.82 Å². The first-order valence-corrected chi connectivity index (χ1v) is 6.62. The second-order valence-corrected chi connectivity index (χ2v) is 4.65. The third-order valence-electron chi connectivity index (χ3n) is 3.53. The fraction of sp³-hybridized carbons (Fsp3) is 0.692. The number of anilines is 1. The van der Waals surface area contributed by atoms with E-state index in [1.165, 1.54) is 32.1 Å². The van der Waals surface area contributed by atoms with Gasteiger partial charge in [-0.15, -0.1) is 0 Å². The van der Waals surface area contributed by atoms with Gasteiger partial charge < -0.3 is 10.6 Å². The van der Waals surface area contributed by atoms with Crippen LogP contribution in [0, 0.1) is 0 Å². The molecule has 1 saturated carbocycles. The smallest absolute Gasteiger partial charge is 0.147 e. The maximum atomic E-state index is 5.62. The summed E-state index contributed by atoms with van der Waals surface area (Å²) >= 11 is 0. The second-order valence-electron chi connectivity index (χ2n) is 4.65. The van der Waals surface area contributed by atoms with E-state index in [1.54, 1.807) is 6.20 Å². The summed E-state index contributed by atoms with van der Waals surface area (Å²) < 4.78 is 0. The number of hydrogen-bond acceptors (Lipinski definition) is 4. The minimum absolute atomic E-state index is 0.461. The van der Waals surface area contributed by atoms with Crippen LogP contribution in [0.2, 0.25) is 0 Å². The van der Waals surface area contributed by atoms with Crippen molar-refractivity contribution in [2.75, 3.05) is 11.4 Å². The van der Waals surface area contributed by atoms with Crippen molar-refractivity contribution < 1.29 is 0 Å². The van der Waals surface area contributed by atoms with Crippen LogP contribution >= 0.6 is 0 Å². The highest BCUT2D eigenvalue weighted by Gasteiger charge is 2.21. The largest absolute Gasteiger partial charge is 0.353 e. The molecule has 1 aromatic rings. The molecule has 0 aromatic carbocycles. The number of aromatic nitrogens is 2. The van der Waals surface area contributed by atoms with E-state index in [0.717, 1.165) is 18.1 Å². The quantitative estimate of drug-likeness (QED) is 0.866. The molecule has 0 bridgehead atoms. The van der Waals surface area contributed by atoms with Gasteiger partial charge in [-0.1, -0.05) is 19.3 Å². The molecule has 0 unspecified atom stereocenters. The minimum Gasteiger partial charge on any atom is -0.353 e. The van der Waals surface area contributed by atoms with Crippen molar-refractivity contribution in [3.63, 3.8) is 0 Å². The predicted molar refractivity (Wildman–Crippen MR) is 69.8 cm³/mol. The highest BCUT2D eigenvalue weighted by molar-refractivity contribution is 5.37. The van der Waals surface area contributed by atoms with Gasteiger partial charge in [0.15, 0.2) is 0 Å². The molecule has 1 aliphatic rings. The molecule has 1 heterocycles. The van der Waals surface area contributed by atoms with Crippen LogP contribution in [0.25, 0.3) is 0 Å². The summed E-state index contributed by atoms with van der Waals surface area (Å²) in [5.74, 6) is 0.988. The zero-order valence-corrected chi connectivity index (χ0v) is 10.6. The van der Waals surface area contributed by atoms with E-state index in [9.17, 15) is 0 Å². The van der Waals surface area contributed by atoms with Crippen LogP contribution in [-0.4, -0.2) is 22.6 Å². The van der Waals surface area contributed by atoms with Crippen LogP contribution in [0.5, 0.6) is 0 Å². The van der Waals surface area contributed by atoms with Crippen molar-refractivity contribution >= 4 is 5.82 Å². The lowest BCUT2D eigenvalue weighted by Gasteiger charge is -2.34. The fourth-order valence-corrected chi connectivity index (χ4v) is 2.63. The Morgan fingerprint density at radius 2 is 2.06 bits per heavy atom. The van der Waals surface area contributed by atoms with Crippen LogP contribution in [0.3, 0.4) is 0 Å². The topological polar surface area (TPSA) is 55.0 Å². The molecule has 0 aliphatic heterocycles. The van der Waals surface area contributed by atoms with Gasteiger partial charge in [-0.25, -0.2) is 4.98 Å². The molecule has 0 atom stereocenters. The third-order valence-corrected chi connectivity index (χ3v) is 3.53. The summed E-state index contributed by atoms with van der Waals surface area (Å²) in [6.45, 7) is 3.64. The van der Waals surface area contributed by atoms with Crippen LogP contribution < -0.4 is 10.6 Å².